The summed E-state index contributed by atoms with van der Waals surface area (Å²) in [5, 5.41) is 16.6. The van der Waals surface area contributed by atoms with Crippen molar-refractivity contribution in [1.82, 2.24) is 5.32 Å². The lowest BCUT2D eigenvalue weighted by molar-refractivity contribution is -0.0159. The summed E-state index contributed by atoms with van der Waals surface area (Å²) in [7, 11) is 0. The summed E-state index contributed by atoms with van der Waals surface area (Å²) in [6, 6.07) is 25.4. The van der Waals surface area contributed by atoms with Crippen LogP contribution in [0, 0.1) is 0 Å². The van der Waals surface area contributed by atoms with Crippen molar-refractivity contribution < 1.29 is 9.84 Å². The van der Waals surface area contributed by atoms with Gasteiger partial charge in [0.1, 0.15) is 0 Å². The lowest BCUT2D eigenvalue weighted by Crippen LogP contribution is -2.46. The highest BCUT2D eigenvalue weighted by Crippen LogP contribution is 2.24. The number of ether oxygens (including phenoxy) is 1. The summed E-state index contributed by atoms with van der Waals surface area (Å²) >= 11 is 0. The number of hydrogen-bond donors (Lipinski definition) is 2. The molecule has 3 aromatic rings. The van der Waals surface area contributed by atoms with Crippen LogP contribution in [0.15, 0.2) is 72.8 Å². The minimum atomic E-state index is -0.538. The van der Waals surface area contributed by atoms with E-state index in [4.69, 9.17) is 4.74 Å². The topological polar surface area (TPSA) is 41.5 Å². The molecule has 0 fully saturated rings. The Labute approximate surface area is 187 Å². The average Bonchev–Trinajstić information content (AvgIpc) is 2.78. The number of β-amino-alcohol motifs (C(OH)–C–C–N with tert-alkyl or cyclic N) is 1. The highest BCUT2D eigenvalue weighted by atomic mass is 16.5. The predicted molar refractivity (Wildman–Crippen MR) is 130 cm³/mol. The molecule has 0 amide bonds. The molecule has 0 aromatic heterocycles. The van der Waals surface area contributed by atoms with E-state index in [-0.39, 0.29) is 11.6 Å². The van der Waals surface area contributed by atoms with Crippen molar-refractivity contribution in [3.05, 3.63) is 83.9 Å². The van der Waals surface area contributed by atoms with Gasteiger partial charge in [0.25, 0.3) is 0 Å². The molecule has 0 aliphatic heterocycles. The molecule has 0 heterocycles. The predicted octanol–water partition coefficient (Wildman–Crippen LogP) is 6.06. The van der Waals surface area contributed by atoms with Gasteiger partial charge in [0.15, 0.2) is 0 Å². The van der Waals surface area contributed by atoms with Crippen LogP contribution < -0.4 is 5.32 Å². The van der Waals surface area contributed by atoms with Gasteiger partial charge >= 0.3 is 0 Å². The molecule has 166 valence electrons. The Morgan fingerprint density at radius 1 is 0.935 bits per heavy atom. The molecular formula is C28H37NO2. The zero-order valence-electron chi connectivity index (χ0n) is 19.2. The van der Waals surface area contributed by atoms with E-state index in [0.717, 1.165) is 25.7 Å². The maximum Gasteiger partial charge on any atom is 0.0898 e. The minimum Gasteiger partial charge on any atom is -0.389 e. The highest BCUT2D eigenvalue weighted by molar-refractivity contribution is 5.83. The van der Waals surface area contributed by atoms with E-state index in [2.05, 4.69) is 80.7 Å². The summed E-state index contributed by atoms with van der Waals surface area (Å²) in [6.07, 6.45) is 3.64. The maximum atomic E-state index is 10.6. The Morgan fingerprint density at radius 3 is 2.39 bits per heavy atom. The number of benzene rings is 3. The van der Waals surface area contributed by atoms with Gasteiger partial charge in [-0.1, -0.05) is 92.6 Å². The third-order valence-corrected chi connectivity index (χ3v) is 5.76. The molecule has 0 spiro atoms. The molecule has 31 heavy (non-hydrogen) atoms. The first-order valence-corrected chi connectivity index (χ1v) is 11.5. The Kier molecular flexibility index (Phi) is 8.65. The van der Waals surface area contributed by atoms with Gasteiger partial charge in [0.05, 0.1) is 18.8 Å². The van der Waals surface area contributed by atoms with Crippen LogP contribution >= 0.6 is 0 Å². The molecule has 3 aromatic carbocycles. The number of rotatable bonds is 12. The van der Waals surface area contributed by atoms with Crippen LogP contribution in [0.25, 0.3) is 10.8 Å². The number of aliphatic hydroxyl groups excluding tert-OH is 1. The van der Waals surface area contributed by atoms with E-state index < -0.39 is 6.10 Å². The van der Waals surface area contributed by atoms with E-state index in [1.54, 1.807) is 0 Å². The molecule has 0 radical (unpaired) electrons. The van der Waals surface area contributed by atoms with E-state index in [0.29, 0.717) is 13.2 Å². The zero-order valence-corrected chi connectivity index (χ0v) is 19.2. The lowest BCUT2D eigenvalue weighted by Gasteiger charge is -2.29. The smallest absolute Gasteiger partial charge is 0.0898 e. The standard InChI is InChI=1S/C28H37NO2/c1-4-5-15-27(24-12-7-6-8-13-24)31-21-26(30)20-29-28(2,3)19-22-16-17-23-11-9-10-14-25(23)18-22/h6-14,16-18,26-27,29-30H,4-5,15,19-21H2,1-3H3/t26-,27?/m1/s1. The molecule has 0 saturated carbocycles. The summed E-state index contributed by atoms with van der Waals surface area (Å²) in [5.74, 6) is 0. The number of aliphatic hydroxyl groups is 1. The number of unbranched alkanes of at least 4 members (excludes halogenated alkanes) is 1. The van der Waals surface area contributed by atoms with Crippen molar-refractivity contribution in [2.75, 3.05) is 13.2 Å². The van der Waals surface area contributed by atoms with Crippen LogP contribution in [0.1, 0.15) is 57.3 Å². The van der Waals surface area contributed by atoms with Crippen LogP contribution in [-0.2, 0) is 11.2 Å². The summed E-state index contributed by atoms with van der Waals surface area (Å²) in [5.41, 5.74) is 2.36. The fraction of sp³-hybridized carbons (Fsp3) is 0.429. The van der Waals surface area contributed by atoms with Crippen molar-refractivity contribution in [2.24, 2.45) is 0 Å². The van der Waals surface area contributed by atoms with Crippen molar-refractivity contribution in [2.45, 2.75) is 64.2 Å². The fourth-order valence-electron chi connectivity index (χ4n) is 4.01. The van der Waals surface area contributed by atoms with Gasteiger partial charge in [-0.3, -0.25) is 0 Å². The van der Waals surface area contributed by atoms with Gasteiger partial charge in [-0.25, -0.2) is 0 Å². The molecular weight excluding hydrogens is 382 g/mol. The van der Waals surface area contributed by atoms with Gasteiger partial charge < -0.3 is 15.2 Å². The van der Waals surface area contributed by atoms with Crippen LogP contribution in [-0.4, -0.2) is 29.9 Å². The third kappa shape index (κ3) is 7.46. The van der Waals surface area contributed by atoms with Crippen molar-refractivity contribution >= 4 is 10.8 Å². The highest BCUT2D eigenvalue weighted by Gasteiger charge is 2.20. The first-order chi connectivity index (χ1) is 15.0. The largest absolute Gasteiger partial charge is 0.389 e. The molecule has 0 bridgehead atoms. The van der Waals surface area contributed by atoms with Crippen LogP contribution in [0.3, 0.4) is 0 Å². The molecule has 0 saturated heterocycles. The summed E-state index contributed by atoms with van der Waals surface area (Å²) < 4.78 is 6.13. The van der Waals surface area contributed by atoms with Crippen molar-refractivity contribution in [1.29, 1.82) is 0 Å². The van der Waals surface area contributed by atoms with Gasteiger partial charge in [0, 0.05) is 12.1 Å². The van der Waals surface area contributed by atoms with Gasteiger partial charge in [-0.05, 0) is 48.6 Å². The summed E-state index contributed by atoms with van der Waals surface area (Å²) in [4.78, 5) is 0. The zero-order chi connectivity index (χ0) is 22.1. The van der Waals surface area contributed by atoms with Crippen molar-refractivity contribution in [3.63, 3.8) is 0 Å². The number of hydrogen-bond acceptors (Lipinski definition) is 3. The molecule has 0 aliphatic carbocycles. The van der Waals surface area contributed by atoms with Crippen molar-refractivity contribution in [3.8, 4) is 0 Å². The Bertz CT molecular complexity index is 922. The molecule has 0 aliphatic rings. The summed E-state index contributed by atoms with van der Waals surface area (Å²) in [6.45, 7) is 7.41. The quantitative estimate of drug-likeness (QED) is 0.375. The molecule has 3 heteroatoms. The van der Waals surface area contributed by atoms with E-state index in [1.807, 2.05) is 18.2 Å². The SMILES string of the molecule is CCCCC(OC[C@H](O)CNC(C)(C)Cc1ccc2ccccc2c1)c1ccccc1. The lowest BCUT2D eigenvalue weighted by atomic mass is 9.93. The minimum absolute atomic E-state index is 0.0430. The second kappa shape index (κ2) is 11.4. The number of nitrogens with one attached hydrogen (secondary N) is 1. The molecule has 2 N–H and O–H groups in total. The second-order valence-electron chi connectivity index (χ2n) is 9.15. The fourth-order valence-corrected chi connectivity index (χ4v) is 4.01. The first kappa shape index (κ1) is 23.5. The molecule has 2 atom stereocenters. The molecule has 3 nitrogen and oxygen atoms in total. The average molecular weight is 420 g/mol. The monoisotopic (exact) mass is 419 g/mol. The van der Waals surface area contributed by atoms with Gasteiger partial charge in [0.2, 0.25) is 0 Å². The maximum absolute atomic E-state index is 10.6. The van der Waals surface area contributed by atoms with E-state index in [9.17, 15) is 5.11 Å². The van der Waals surface area contributed by atoms with E-state index >= 15 is 0 Å². The normalized spacial score (nSPS) is 13.9. The Balaban J connectivity index is 1.50. The van der Waals surface area contributed by atoms with Crippen LogP contribution in [0.2, 0.25) is 0 Å². The van der Waals surface area contributed by atoms with E-state index in [1.165, 1.54) is 21.9 Å². The molecule has 1 unspecified atom stereocenters. The number of fused-ring (bicyclic) bond motifs is 1. The Morgan fingerprint density at radius 2 is 1.65 bits per heavy atom. The Hall–Kier alpha value is -2.20. The molecule has 3 rings (SSSR count). The van der Waals surface area contributed by atoms with Crippen LogP contribution in [0.5, 0.6) is 0 Å². The van der Waals surface area contributed by atoms with Gasteiger partial charge in [-0.15, -0.1) is 0 Å². The third-order valence-electron chi connectivity index (χ3n) is 5.76. The second-order valence-corrected chi connectivity index (χ2v) is 9.15. The van der Waals surface area contributed by atoms with Gasteiger partial charge in [-0.2, -0.15) is 0 Å². The first-order valence-electron chi connectivity index (χ1n) is 11.5. The van der Waals surface area contributed by atoms with Crippen LogP contribution in [0.4, 0.5) is 0 Å².